The van der Waals surface area contributed by atoms with Gasteiger partial charge in [0.2, 0.25) is 5.91 Å². The first-order valence-electron chi connectivity index (χ1n) is 11.3. The molecule has 3 aromatic carbocycles. The third kappa shape index (κ3) is 8.10. The molecule has 0 heterocycles. The van der Waals surface area contributed by atoms with E-state index in [1.54, 1.807) is 38.4 Å². The van der Waals surface area contributed by atoms with Crippen LogP contribution in [-0.2, 0) is 27.8 Å². The number of hydrogen-bond donors (Lipinski definition) is 3. The molecule has 0 radical (unpaired) electrons. The average molecular weight is 511 g/mol. The van der Waals surface area contributed by atoms with Crippen molar-refractivity contribution in [2.75, 3.05) is 25.6 Å². The Hall–Kier alpha value is -3.89. The van der Waals surface area contributed by atoms with Crippen LogP contribution in [0, 0.1) is 0 Å². The molecule has 10 heteroatoms. The SMILES string of the molecule is COc1ccc(N(C)C(=O)[C@H](Cc2ccccc2)NC(=O)NS(=O)(=O)NCCc2ccccc2)cc1. The van der Waals surface area contributed by atoms with E-state index < -0.39 is 28.2 Å². The number of benzene rings is 3. The Kier molecular flexibility index (Phi) is 9.43. The van der Waals surface area contributed by atoms with Gasteiger partial charge in [-0.05, 0) is 41.8 Å². The predicted molar refractivity (Wildman–Crippen MR) is 139 cm³/mol. The summed E-state index contributed by atoms with van der Waals surface area (Å²) in [7, 11) is -0.991. The van der Waals surface area contributed by atoms with Gasteiger partial charge in [-0.1, -0.05) is 60.7 Å². The summed E-state index contributed by atoms with van der Waals surface area (Å²) in [6.07, 6.45) is 0.639. The first-order valence-corrected chi connectivity index (χ1v) is 12.8. The van der Waals surface area contributed by atoms with Crippen molar-refractivity contribution in [3.05, 3.63) is 96.1 Å². The normalized spacial score (nSPS) is 11.8. The van der Waals surface area contributed by atoms with E-state index >= 15 is 0 Å². The lowest BCUT2D eigenvalue weighted by molar-refractivity contribution is -0.120. The smallest absolute Gasteiger partial charge is 0.330 e. The lowest BCUT2D eigenvalue weighted by Gasteiger charge is -2.25. The number of urea groups is 1. The first kappa shape index (κ1) is 26.7. The van der Waals surface area contributed by atoms with Crippen LogP contribution >= 0.6 is 0 Å². The van der Waals surface area contributed by atoms with Crippen molar-refractivity contribution >= 4 is 27.8 Å². The number of nitrogens with one attached hydrogen (secondary N) is 3. The lowest BCUT2D eigenvalue weighted by atomic mass is 10.0. The van der Waals surface area contributed by atoms with Crippen LogP contribution in [0.25, 0.3) is 0 Å². The highest BCUT2D eigenvalue weighted by molar-refractivity contribution is 7.88. The molecule has 9 nitrogen and oxygen atoms in total. The van der Waals surface area contributed by atoms with Gasteiger partial charge >= 0.3 is 16.2 Å². The number of anilines is 1. The molecule has 36 heavy (non-hydrogen) atoms. The molecule has 3 rings (SSSR count). The molecule has 0 aliphatic carbocycles. The number of ether oxygens (including phenoxy) is 1. The molecule has 0 bridgehead atoms. The minimum atomic E-state index is -4.13. The van der Waals surface area contributed by atoms with E-state index in [2.05, 4.69) is 10.0 Å². The van der Waals surface area contributed by atoms with Crippen molar-refractivity contribution in [1.29, 1.82) is 0 Å². The molecule has 0 spiro atoms. The summed E-state index contributed by atoms with van der Waals surface area (Å²) in [4.78, 5) is 27.3. The van der Waals surface area contributed by atoms with Crippen molar-refractivity contribution in [3.63, 3.8) is 0 Å². The van der Waals surface area contributed by atoms with Gasteiger partial charge < -0.3 is 15.0 Å². The Balaban J connectivity index is 1.66. The number of rotatable bonds is 11. The molecule has 0 saturated heterocycles. The Morgan fingerprint density at radius 2 is 1.47 bits per heavy atom. The summed E-state index contributed by atoms with van der Waals surface area (Å²) in [5, 5.41) is 2.52. The van der Waals surface area contributed by atoms with Crippen LogP contribution in [0.15, 0.2) is 84.9 Å². The number of amides is 3. The van der Waals surface area contributed by atoms with E-state index in [0.29, 0.717) is 17.9 Å². The first-order chi connectivity index (χ1) is 17.3. The van der Waals surface area contributed by atoms with Crippen LogP contribution in [0.3, 0.4) is 0 Å². The Labute approximate surface area is 211 Å². The van der Waals surface area contributed by atoms with Crippen LogP contribution in [0.4, 0.5) is 10.5 Å². The van der Waals surface area contributed by atoms with Crippen LogP contribution in [0.2, 0.25) is 0 Å². The minimum absolute atomic E-state index is 0.110. The fourth-order valence-electron chi connectivity index (χ4n) is 3.54. The summed E-state index contributed by atoms with van der Waals surface area (Å²) in [6.45, 7) is 0.110. The van der Waals surface area contributed by atoms with Gasteiger partial charge in [0.15, 0.2) is 0 Å². The zero-order chi connectivity index (χ0) is 26.0. The molecule has 3 N–H and O–H groups in total. The summed E-state index contributed by atoms with van der Waals surface area (Å²) in [5.41, 5.74) is 2.36. The number of hydrogen-bond acceptors (Lipinski definition) is 5. The lowest BCUT2D eigenvalue weighted by Crippen LogP contribution is -2.54. The molecule has 0 saturated carbocycles. The molecule has 3 amide bonds. The zero-order valence-electron chi connectivity index (χ0n) is 20.2. The third-order valence-corrected chi connectivity index (χ3v) is 6.49. The van der Waals surface area contributed by atoms with Crippen molar-refractivity contribution in [1.82, 2.24) is 14.8 Å². The molecule has 0 unspecified atom stereocenters. The van der Waals surface area contributed by atoms with Crippen molar-refractivity contribution in [2.24, 2.45) is 0 Å². The summed E-state index contributed by atoms with van der Waals surface area (Å²) < 4.78 is 34.2. The van der Waals surface area contributed by atoms with E-state index in [1.807, 2.05) is 65.4 Å². The maximum atomic E-state index is 13.3. The second-order valence-corrected chi connectivity index (χ2v) is 9.55. The van der Waals surface area contributed by atoms with E-state index in [-0.39, 0.29) is 13.0 Å². The van der Waals surface area contributed by atoms with E-state index in [1.165, 1.54) is 4.90 Å². The van der Waals surface area contributed by atoms with Crippen LogP contribution in [0.1, 0.15) is 11.1 Å². The maximum Gasteiger partial charge on any atom is 0.330 e. The fraction of sp³-hybridized carbons (Fsp3) is 0.231. The molecule has 190 valence electrons. The highest BCUT2D eigenvalue weighted by Gasteiger charge is 2.27. The summed E-state index contributed by atoms with van der Waals surface area (Å²) in [6, 6.07) is 23.4. The molecular weight excluding hydrogens is 480 g/mol. The van der Waals surface area contributed by atoms with Crippen LogP contribution < -0.4 is 24.4 Å². The van der Waals surface area contributed by atoms with Crippen molar-refractivity contribution < 1.29 is 22.7 Å². The fourth-order valence-corrected chi connectivity index (χ4v) is 4.28. The monoisotopic (exact) mass is 510 g/mol. The summed E-state index contributed by atoms with van der Waals surface area (Å²) >= 11 is 0. The number of methoxy groups -OCH3 is 1. The molecule has 0 aliphatic heterocycles. The van der Waals surface area contributed by atoms with Gasteiger partial charge in [-0.2, -0.15) is 13.1 Å². The van der Waals surface area contributed by atoms with Gasteiger partial charge in [0.25, 0.3) is 0 Å². The molecule has 0 fully saturated rings. The van der Waals surface area contributed by atoms with Crippen molar-refractivity contribution in [3.8, 4) is 5.75 Å². The average Bonchev–Trinajstić information content (AvgIpc) is 2.88. The van der Waals surface area contributed by atoms with Gasteiger partial charge in [-0.15, -0.1) is 0 Å². The minimum Gasteiger partial charge on any atom is -0.497 e. The highest BCUT2D eigenvalue weighted by Crippen LogP contribution is 2.19. The Bertz CT molecular complexity index is 1240. The predicted octanol–water partition coefficient (Wildman–Crippen LogP) is 2.65. The maximum absolute atomic E-state index is 13.3. The summed E-state index contributed by atoms with van der Waals surface area (Å²) in [5.74, 6) is 0.233. The molecular formula is C26H30N4O5S. The Morgan fingerprint density at radius 1 is 0.889 bits per heavy atom. The van der Waals surface area contributed by atoms with E-state index in [9.17, 15) is 18.0 Å². The van der Waals surface area contributed by atoms with Crippen LogP contribution in [-0.4, -0.2) is 47.1 Å². The second-order valence-electron chi connectivity index (χ2n) is 8.05. The molecule has 0 aromatic heterocycles. The van der Waals surface area contributed by atoms with Gasteiger partial charge in [-0.3, -0.25) is 4.79 Å². The molecule has 3 aromatic rings. The third-order valence-electron chi connectivity index (χ3n) is 5.45. The topological polar surface area (TPSA) is 117 Å². The largest absolute Gasteiger partial charge is 0.497 e. The zero-order valence-corrected chi connectivity index (χ0v) is 21.0. The van der Waals surface area contributed by atoms with Gasteiger partial charge in [0, 0.05) is 25.7 Å². The van der Waals surface area contributed by atoms with Gasteiger partial charge in [0.05, 0.1) is 7.11 Å². The quantitative estimate of drug-likeness (QED) is 0.367. The highest BCUT2D eigenvalue weighted by atomic mass is 32.2. The van der Waals surface area contributed by atoms with Gasteiger partial charge in [-0.25, -0.2) is 9.52 Å². The number of carbonyl (C=O) groups is 2. The van der Waals surface area contributed by atoms with E-state index in [4.69, 9.17) is 4.74 Å². The van der Waals surface area contributed by atoms with E-state index in [0.717, 1.165) is 11.1 Å². The standard InChI is InChI=1S/C26H30N4O5S/c1-30(22-13-15-23(35-2)16-14-22)25(31)24(19-21-11-7-4-8-12-21)28-26(32)29-36(33,34)27-18-17-20-9-5-3-6-10-20/h3-16,24,27H,17-19H2,1-2H3,(H2,28,29,32)/t24-/m0/s1. The second kappa shape index (κ2) is 12.7. The van der Waals surface area contributed by atoms with Crippen LogP contribution in [0.5, 0.6) is 5.75 Å². The Morgan fingerprint density at radius 3 is 2.06 bits per heavy atom. The van der Waals surface area contributed by atoms with Gasteiger partial charge in [0.1, 0.15) is 11.8 Å². The number of likely N-dealkylation sites (N-methyl/N-ethyl adjacent to an activating group) is 1. The molecule has 0 aliphatic rings. The molecule has 1 atom stereocenters. The van der Waals surface area contributed by atoms with Crippen molar-refractivity contribution in [2.45, 2.75) is 18.9 Å². The number of carbonyl (C=O) groups excluding carboxylic acids is 2. The number of nitrogens with zero attached hydrogens (tertiary/aromatic N) is 1.